The first-order valence-electron chi connectivity index (χ1n) is 6.57. The third kappa shape index (κ3) is 4.67. The van der Waals surface area contributed by atoms with Crippen molar-refractivity contribution in [1.82, 2.24) is 0 Å². The predicted octanol–water partition coefficient (Wildman–Crippen LogP) is 3.56. The van der Waals surface area contributed by atoms with E-state index in [-0.39, 0.29) is 0 Å². The molecule has 1 aromatic carbocycles. The molecule has 1 fully saturated rings. The van der Waals surface area contributed by atoms with E-state index in [1.54, 1.807) is 0 Å². The van der Waals surface area contributed by atoms with Crippen molar-refractivity contribution in [3.63, 3.8) is 0 Å². The number of carbonyl (C=O) groups excluding carboxylic acids is 1. The molecule has 2 N–H and O–H groups in total. The van der Waals surface area contributed by atoms with E-state index in [1.165, 1.54) is 37.9 Å². The predicted molar refractivity (Wildman–Crippen MR) is 81.1 cm³/mol. The van der Waals surface area contributed by atoms with E-state index in [2.05, 4.69) is 15.4 Å². The second kappa shape index (κ2) is 7.28. The van der Waals surface area contributed by atoms with Crippen LogP contribution in [-0.4, -0.2) is 30.8 Å². The van der Waals surface area contributed by atoms with Crippen LogP contribution in [0, 0.1) is 0 Å². The van der Waals surface area contributed by atoms with E-state index >= 15 is 0 Å². The second-order valence-electron chi connectivity index (χ2n) is 4.58. The normalized spacial score (nSPS) is 19.3. The summed E-state index contributed by atoms with van der Waals surface area (Å²) in [7, 11) is 1.36. The first-order valence-corrected chi connectivity index (χ1v) is 7.73. The van der Waals surface area contributed by atoms with E-state index in [0.29, 0.717) is 6.04 Å². The van der Waals surface area contributed by atoms with E-state index in [9.17, 15) is 4.79 Å². The highest BCUT2D eigenvalue weighted by atomic mass is 32.2. The van der Waals surface area contributed by atoms with Crippen LogP contribution in [0.2, 0.25) is 0 Å². The highest BCUT2D eigenvalue weighted by molar-refractivity contribution is 7.99. The maximum atomic E-state index is 11.2. The van der Waals surface area contributed by atoms with Crippen LogP contribution in [0.3, 0.4) is 0 Å². The fourth-order valence-corrected chi connectivity index (χ4v) is 3.17. The number of amides is 1. The van der Waals surface area contributed by atoms with Crippen molar-refractivity contribution in [2.75, 3.05) is 29.2 Å². The third-order valence-corrected chi connectivity index (χ3v) is 4.22. The zero-order valence-corrected chi connectivity index (χ0v) is 12.0. The van der Waals surface area contributed by atoms with Crippen molar-refractivity contribution in [3.8, 4) is 0 Å². The molecule has 1 saturated heterocycles. The van der Waals surface area contributed by atoms with Crippen LogP contribution in [0.25, 0.3) is 0 Å². The summed E-state index contributed by atoms with van der Waals surface area (Å²) in [5, 5.41) is 6.22. The summed E-state index contributed by atoms with van der Waals surface area (Å²) in [5.74, 6) is 2.49. The molecule has 0 saturated carbocycles. The molecule has 0 spiro atoms. The van der Waals surface area contributed by atoms with Gasteiger partial charge in [0.1, 0.15) is 0 Å². The molecule has 0 bridgehead atoms. The van der Waals surface area contributed by atoms with Crippen molar-refractivity contribution in [2.45, 2.75) is 25.3 Å². The molecule has 0 radical (unpaired) electrons. The maximum absolute atomic E-state index is 11.2. The van der Waals surface area contributed by atoms with Crippen LogP contribution in [0.1, 0.15) is 19.3 Å². The highest BCUT2D eigenvalue weighted by Crippen LogP contribution is 2.22. The van der Waals surface area contributed by atoms with Gasteiger partial charge in [0.15, 0.2) is 0 Å². The van der Waals surface area contributed by atoms with Crippen LogP contribution >= 0.6 is 11.8 Å². The minimum atomic E-state index is -0.442. The highest BCUT2D eigenvalue weighted by Gasteiger charge is 2.12. The molecular formula is C14H20N2O2S. The van der Waals surface area contributed by atoms with E-state index in [4.69, 9.17) is 0 Å². The Morgan fingerprint density at radius 2 is 2.16 bits per heavy atom. The van der Waals surface area contributed by atoms with Gasteiger partial charge in [0.25, 0.3) is 0 Å². The van der Waals surface area contributed by atoms with Gasteiger partial charge < -0.3 is 10.1 Å². The van der Waals surface area contributed by atoms with Crippen LogP contribution in [0.4, 0.5) is 16.2 Å². The molecule has 19 heavy (non-hydrogen) atoms. The van der Waals surface area contributed by atoms with Gasteiger partial charge >= 0.3 is 6.09 Å². The number of hydrogen-bond donors (Lipinski definition) is 2. The Balaban J connectivity index is 1.95. The van der Waals surface area contributed by atoms with Gasteiger partial charge in [0.05, 0.1) is 7.11 Å². The zero-order valence-electron chi connectivity index (χ0n) is 11.1. The number of carbonyl (C=O) groups is 1. The Labute approximate surface area is 118 Å². The van der Waals surface area contributed by atoms with E-state index in [1.807, 2.05) is 36.0 Å². The van der Waals surface area contributed by atoms with Crippen LogP contribution in [-0.2, 0) is 4.74 Å². The Morgan fingerprint density at radius 3 is 3.00 bits per heavy atom. The lowest BCUT2D eigenvalue weighted by Crippen LogP contribution is -2.19. The number of rotatable bonds is 3. The van der Waals surface area contributed by atoms with Crippen molar-refractivity contribution in [3.05, 3.63) is 24.3 Å². The minimum Gasteiger partial charge on any atom is -0.453 e. The number of benzene rings is 1. The average Bonchev–Trinajstić information content (AvgIpc) is 2.67. The monoisotopic (exact) mass is 280 g/mol. The number of methoxy groups -OCH3 is 1. The number of ether oxygens (including phenoxy) is 1. The number of thioether (sulfide) groups is 1. The van der Waals surface area contributed by atoms with Gasteiger partial charge in [-0.25, -0.2) is 4.79 Å². The lowest BCUT2D eigenvalue weighted by molar-refractivity contribution is 0.187. The van der Waals surface area contributed by atoms with Crippen LogP contribution in [0.5, 0.6) is 0 Å². The summed E-state index contributed by atoms with van der Waals surface area (Å²) < 4.78 is 4.59. The van der Waals surface area contributed by atoms with Crippen LogP contribution in [0.15, 0.2) is 24.3 Å². The molecule has 1 atom stereocenters. The fraction of sp³-hybridized carbons (Fsp3) is 0.500. The Hall–Kier alpha value is -1.36. The van der Waals surface area contributed by atoms with Crippen molar-refractivity contribution in [1.29, 1.82) is 0 Å². The molecule has 4 nitrogen and oxygen atoms in total. The summed E-state index contributed by atoms with van der Waals surface area (Å²) in [4.78, 5) is 11.2. The van der Waals surface area contributed by atoms with Gasteiger partial charge in [-0.2, -0.15) is 11.8 Å². The lowest BCUT2D eigenvalue weighted by atomic mass is 10.1. The molecule has 1 heterocycles. The number of nitrogens with one attached hydrogen (secondary N) is 2. The average molecular weight is 280 g/mol. The largest absolute Gasteiger partial charge is 0.453 e. The minimum absolute atomic E-state index is 0.442. The molecule has 104 valence electrons. The molecule has 5 heteroatoms. The van der Waals surface area contributed by atoms with Gasteiger partial charge in [-0.1, -0.05) is 6.07 Å². The lowest BCUT2D eigenvalue weighted by Gasteiger charge is -2.18. The summed E-state index contributed by atoms with van der Waals surface area (Å²) in [5.41, 5.74) is 1.80. The van der Waals surface area contributed by atoms with Gasteiger partial charge in [0.2, 0.25) is 0 Å². The molecule has 0 aromatic heterocycles. The molecule has 0 aliphatic carbocycles. The number of anilines is 2. The van der Waals surface area contributed by atoms with Crippen LogP contribution < -0.4 is 10.6 Å². The molecule has 1 unspecified atom stereocenters. The summed E-state index contributed by atoms with van der Waals surface area (Å²) in [6.45, 7) is 0. The van der Waals surface area contributed by atoms with E-state index in [0.717, 1.165) is 11.4 Å². The standard InChI is InChI=1S/C14H20N2O2S/c1-18-14(17)16-13-5-2-4-12(10-13)15-11-6-3-8-19-9-7-11/h2,4-5,10-11,15H,3,6-9H2,1H3,(H,16,17). The molecule has 1 aliphatic heterocycles. The molecule has 1 aliphatic rings. The van der Waals surface area contributed by atoms with Crippen molar-refractivity contribution < 1.29 is 9.53 Å². The Kier molecular flexibility index (Phi) is 5.39. The summed E-state index contributed by atoms with van der Waals surface area (Å²) in [6, 6.07) is 8.28. The maximum Gasteiger partial charge on any atom is 0.411 e. The molecule has 1 aromatic rings. The SMILES string of the molecule is COC(=O)Nc1cccc(NC2CCCSCC2)c1. The number of hydrogen-bond acceptors (Lipinski definition) is 4. The van der Waals surface area contributed by atoms with Crippen molar-refractivity contribution in [2.24, 2.45) is 0 Å². The van der Waals surface area contributed by atoms with E-state index < -0.39 is 6.09 Å². The molecular weight excluding hydrogens is 260 g/mol. The van der Waals surface area contributed by atoms with Gasteiger partial charge in [0, 0.05) is 17.4 Å². The van der Waals surface area contributed by atoms with Gasteiger partial charge in [-0.15, -0.1) is 0 Å². The summed E-state index contributed by atoms with van der Waals surface area (Å²) >= 11 is 2.03. The summed E-state index contributed by atoms with van der Waals surface area (Å²) in [6.07, 6.45) is 3.23. The van der Waals surface area contributed by atoms with Gasteiger partial charge in [-0.05, 0) is 49.0 Å². The first-order chi connectivity index (χ1) is 9.28. The zero-order chi connectivity index (χ0) is 13.5. The molecule has 2 rings (SSSR count). The van der Waals surface area contributed by atoms with Crippen molar-refractivity contribution >= 4 is 29.2 Å². The second-order valence-corrected chi connectivity index (χ2v) is 5.81. The Morgan fingerprint density at radius 1 is 1.32 bits per heavy atom. The smallest absolute Gasteiger partial charge is 0.411 e. The first kappa shape index (κ1) is 14.1. The molecule has 1 amide bonds. The van der Waals surface area contributed by atoms with Gasteiger partial charge in [-0.3, -0.25) is 5.32 Å². The Bertz CT molecular complexity index is 418. The quantitative estimate of drug-likeness (QED) is 0.889. The third-order valence-electron chi connectivity index (χ3n) is 3.12. The fourth-order valence-electron chi connectivity index (χ4n) is 2.14. The topological polar surface area (TPSA) is 50.4 Å².